The number of benzene rings is 1. The summed E-state index contributed by atoms with van der Waals surface area (Å²) in [6.45, 7) is 4.15. The van der Waals surface area contributed by atoms with Crippen LogP contribution in [-0.4, -0.2) is 54.5 Å². The molecule has 0 aliphatic carbocycles. The molecule has 0 atom stereocenters. The molecule has 0 spiro atoms. The first-order chi connectivity index (χ1) is 12.2. The molecule has 2 heterocycles. The van der Waals surface area contributed by atoms with E-state index in [1.807, 2.05) is 18.2 Å². The molecule has 7 heteroatoms. The highest BCUT2D eigenvalue weighted by atomic mass is 32.2. The van der Waals surface area contributed by atoms with E-state index < -0.39 is 0 Å². The normalized spacial score (nSPS) is 14.7. The number of morpholine rings is 1. The van der Waals surface area contributed by atoms with E-state index >= 15 is 0 Å². The van der Waals surface area contributed by atoms with Gasteiger partial charge in [0.1, 0.15) is 11.3 Å². The Morgan fingerprint density at radius 3 is 2.76 bits per heavy atom. The number of nitrogens with one attached hydrogen (secondary N) is 1. The summed E-state index contributed by atoms with van der Waals surface area (Å²) in [5.41, 5.74) is 1.06. The second kappa shape index (κ2) is 8.40. The third kappa shape index (κ3) is 4.16. The molecule has 0 saturated carbocycles. The van der Waals surface area contributed by atoms with Crippen LogP contribution in [-0.2, 0) is 9.53 Å². The minimum absolute atomic E-state index is 0.124. The Morgan fingerprint density at radius 2 is 2.00 bits per heavy atom. The van der Waals surface area contributed by atoms with Gasteiger partial charge in [-0.25, -0.2) is 0 Å². The lowest BCUT2D eigenvalue weighted by Gasteiger charge is -2.26. The van der Waals surface area contributed by atoms with Gasteiger partial charge in [-0.3, -0.25) is 9.59 Å². The van der Waals surface area contributed by atoms with Crippen LogP contribution in [0.25, 0.3) is 11.0 Å². The number of thioether (sulfide) groups is 1. The SMILES string of the molecule is CCCSCC(=O)Nc1c(C(=O)N2CCOCC2)oc2ccccc12. The van der Waals surface area contributed by atoms with Gasteiger partial charge < -0.3 is 19.4 Å². The third-order valence-corrected chi connectivity index (χ3v) is 5.10. The minimum atomic E-state index is -0.212. The Labute approximate surface area is 150 Å². The van der Waals surface area contributed by atoms with Crippen LogP contribution >= 0.6 is 11.8 Å². The van der Waals surface area contributed by atoms with E-state index in [9.17, 15) is 9.59 Å². The summed E-state index contributed by atoms with van der Waals surface area (Å²) in [6.07, 6.45) is 1.02. The van der Waals surface area contributed by atoms with Crippen LogP contribution in [0, 0.1) is 0 Å². The zero-order chi connectivity index (χ0) is 17.6. The highest BCUT2D eigenvalue weighted by molar-refractivity contribution is 7.99. The van der Waals surface area contributed by atoms with Crippen molar-refractivity contribution in [3.8, 4) is 0 Å². The molecule has 1 aliphatic rings. The average molecular weight is 362 g/mol. The predicted octanol–water partition coefficient (Wildman–Crippen LogP) is 2.99. The van der Waals surface area contributed by atoms with Crippen molar-refractivity contribution in [2.24, 2.45) is 0 Å². The topological polar surface area (TPSA) is 71.8 Å². The quantitative estimate of drug-likeness (QED) is 0.800. The maximum Gasteiger partial charge on any atom is 0.291 e. The second-order valence-corrected chi connectivity index (χ2v) is 6.91. The third-order valence-electron chi connectivity index (χ3n) is 3.93. The molecule has 25 heavy (non-hydrogen) atoms. The molecule has 0 radical (unpaired) electrons. The number of rotatable bonds is 6. The van der Waals surface area contributed by atoms with Crippen molar-refractivity contribution in [3.63, 3.8) is 0 Å². The fraction of sp³-hybridized carbons (Fsp3) is 0.444. The zero-order valence-corrected chi connectivity index (χ0v) is 15.1. The maximum absolute atomic E-state index is 12.9. The number of hydrogen-bond acceptors (Lipinski definition) is 5. The lowest BCUT2D eigenvalue weighted by atomic mass is 10.2. The second-order valence-electron chi connectivity index (χ2n) is 5.81. The summed E-state index contributed by atoms with van der Waals surface area (Å²) < 4.78 is 11.1. The van der Waals surface area contributed by atoms with E-state index in [0.29, 0.717) is 43.3 Å². The highest BCUT2D eigenvalue weighted by Gasteiger charge is 2.27. The number of furan rings is 1. The summed E-state index contributed by atoms with van der Waals surface area (Å²) in [6, 6.07) is 7.36. The Kier molecular flexibility index (Phi) is 5.99. The van der Waals surface area contributed by atoms with E-state index in [-0.39, 0.29) is 17.6 Å². The van der Waals surface area contributed by atoms with E-state index in [0.717, 1.165) is 17.6 Å². The molecule has 1 aromatic carbocycles. The Morgan fingerprint density at radius 1 is 1.24 bits per heavy atom. The number of nitrogens with zero attached hydrogens (tertiary/aromatic N) is 1. The molecule has 2 aromatic rings. The molecule has 1 saturated heterocycles. The van der Waals surface area contributed by atoms with Crippen LogP contribution in [0.3, 0.4) is 0 Å². The fourth-order valence-electron chi connectivity index (χ4n) is 2.71. The molecule has 1 aromatic heterocycles. The van der Waals surface area contributed by atoms with Crippen molar-refractivity contribution in [2.45, 2.75) is 13.3 Å². The summed E-state index contributed by atoms with van der Waals surface area (Å²) in [5, 5.41) is 3.62. The van der Waals surface area contributed by atoms with Gasteiger partial charge in [-0.15, -0.1) is 0 Å². The highest BCUT2D eigenvalue weighted by Crippen LogP contribution is 2.32. The minimum Gasteiger partial charge on any atom is -0.449 e. The molecular formula is C18H22N2O4S. The van der Waals surface area contributed by atoms with Crippen molar-refractivity contribution < 1.29 is 18.7 Å². The molecule has 1 N–H and O–H groups in total. The van der Waals surface area contributed by atoms with Crippen LogP contribution in [0.1, 0.15) is 23.9 Å². The van der Waals surface area contributed by atoms with Crippen LogP contribution < -0.4 is 5.32 Å². The standard InChI is InChI=1S/C18H22N2O4S/c1-2-11-25-12-15(21)19-16-13-5-3-4-6-14(13)24-17(16)18(22)20-7-9-23-10-8-20/h3-6H,2,7-12H2,1H3,(H,19,21). The zero-order valence-electron chi connectivity index (χ0n) is 14.2. The number of ether oxygens (including phenoxy) is 1. The van der Waals surface area contributed by atoms with Crippen LogP contribution in [0.5, 0.6) is 0 Å². The first kappa shape index (κ1) is 17.8. The van der Waals surface area contributed by atoms with Crippen LogP contribution in [0.15, 0.2) is 28.7 Å². The summed E-state index contributed by atoms with van der Waals surface area (Å²) in [5.74, 6) is 1.14. The van der Waals surface area contributed by atoms with Crippen molar-refractivity contribution in [2.75, 3.05) is 43.1 Å². The molecule has 3 rings (SSSR count). The number of carbonyl (C=O) groups excluding carboxylic acids is 2. The van der Waals surface area contributed by atoms with E-state index in [1.165, 1.54) is 0 Å². The molecule has 1 aliphatic heterocycles. The van der Waals surface area contributed by atoms with Crippen molar-refractivity contribution in [1.29, 1.82) is 0 Å². The lowest BCUT2D eigenvalue weighted by molar-refractivity contribution is -0.113. The summed E-state index contributed by atoms with van der Waals surface area (Å²) in [7, 11) is 0. The first-order valence-electron chi connectivity index (χ1n) is 8.47. The molecule has 134 valence electrons. The van der Waals surface area contributed by atoms with E-state index in [1.54, 1.807) is 22.7 Å². The number of fused-ring (bicyclic) bond motifs is 1. The largest absolute Gasteiger partial charge is 0.449 e. The number of amides is 2. The molecule has 0 unspecified atom stereocenters. The van der Waals surface area contributed by atoms with E-state index in [2.05, 4.69) is 12.2 Å². The van der Waals surface area contributed by atoms with Crippen molar-refractivity contribution in [1.82, 2.24) is 4.90 Å². The van der Waals surface area contributed by atoms with Crippen LogP contribution in [0.2, 0.25) is 0 Å². The van der Waals surface area contributed by atoms with Gasteiger partial charge in [0, 0.05) is 18.5 Å². The first-order valence-corrected chi connectivity index (χ1v) is 9.62. The molecule has 0 bridgehead atoms. The number of para-hydroxylation sites is 1. The van der Waals surface area contributed by atoms with Gasteiger partial charge in [0.2, 0.25) is 11.7 Å². The number of anilines is 1. The molecule has 6 nitrogen and oxygen atoms in total. The Hall–Kier alpha value is -1.99. The Balaban J connectivity index is 1.86. The Bertz CT molecular complexity index is 753. The molecule has 2 amide bonds. The molecular weight excluding hydrogens is 340 g/mol. The van der Waals surface area contributed by atoms with Gasteiger partial charge in [-0.05, 0) is 24.3 Å². The fourth-order valence-corrected chi connectivity index (χ4v) is 3.41. The molecule has 1 fully saturated rings. The van der Waals surface area contributed by atoms with Gasteiger partial charge in [0.15, 0.2) is 0 Å². The van der Waals surface area contributed by atoms with Crippen molar-refractivity contribution >= 4 is 40.2 Å². The van der Waals surface area contributed by atoms with E-state index in [4.69, 9.17) is 9.15 Å². The summed E-state index contributed by atoms with van der Waals surface area (Å²) in [4.78, 5) is 26.8. The monoisotopic (exact) mass is 362 g/mol. The number of hydrogen-bond donors (Lipinski definition) is 1. The van der Waals surface area contributed by atoms with Crippen LogP contribution in [0.4, 0.5) is 5.69 Å². The van der Waals surface area contributed by atoms with Gasteiger partial charge in [0.05, 0.1) is 19.0 Å². The van der Waals surface area contributed by atoms with Crippen molar-refractivity contribution in [3.05, 3.63) is 30.0 Å². The van der Waals surface area contributed by atoms with Gasteiger partial charge in [-0.1, -0.05) is 19.1 Å². The number of carbonyl (C=O) groups is 2. The maximum atomic E-state index is 12.9. The van der Waals surface area contributed by atoms with Gasteiger partial charge in [-0.2, -0.15) is 11.8 Å². The summed E-state index contributed by atoms with van der Waals surface area (Å²) >= 11 is 1.58. The smallest absolute Gasteiger partial charge is 0.291 e. The predicted molar refractivity (Wildman–Crippen MR) is 99.2 cm³/mol. The average Bonchev–Trinajstić information content (AvgIpc) is 3.00. The van der Waals surface area contributed by atoms with Gasteiger partial charge in [0.25, 0.3) is 5.91 Å². The van der Waals surface area contributed by atoms with Gasteiger partial charge >= 0.3 is 0 Å². The lowest BCUT2D eigenvalue weighted by Crippen LogP contribution is -2.40.